The molecule has 0 bridgehead atoms. The van der Waals surface area contributed by atoms with Crippen molar-refractivity contribution in [1.29, 1.82) is 0 Å². The molecule has 0 aromatic carbocycles. The van der Waals surface area contributed by atoms with Crippen LogP contribution in [0.3, 0.4) is 0 Å². The number of rotatable bonds is 5. The Morgan fingerprint density at radius 3 is 1.13 bits per heavy atom. The minimum Gasteiger partial charge on any atom is -0.547 e. The fraction of sp³-hybridized carbons (Fsp3) is 0.667. The van der Waals surface area contributed by atoms with E-state index in [4.69, 9.17) is 20.4 Å². The van der Waals surface area contributed by atoms with Crippen molar-refractivity contribution in [2.45, 2.75) is 24.4 Å². The third-order valence-electron chi connectivity index (χ3n) is 1.48. The third-order valence-corrected chi connectivity index (χ3v) is 1.48. The van der Waals surface area contributed by atoms with Gasteiger partial charge in [0, 0.05) is 0 Å². The zero-order valence-corrected chi connectivity index (χ0v) is 8.85. The number of aliphatic hydroxyl groups excluding tert-OH is 4. The molecule has 0 rings (SSSR count). The Bertz CT molecular complexity index is 207. The van der Waals surface area contributed by atoms with Crippen molar-refractivity contribution >= 4 is 35.0 Å². The Morgan fingerprint density at radius 2 is 1.00 bits per heavy atom. The Morgan fingerprint density at radius 1 is 0.800 bits per heavy atom. The molecule has 8 nitrogen and oxygen atoms in total. The van der Waals surface area contributed by atoms with Crippen molar-refractivity contribution < 1.29 is 40.2 Å². The number of carbonyl (C=O) groups excluding carboxylic acids is 2. The second-order valence-electron chi connectivity index (χ2n) is 2.51. The Hall–Kier alpha value is -0.454. The van der Waals surface area contributed by atoms with Gasteiger partial charge < -0.3 is 40.2 Å². The Kier molecular flexibility index (Phi) is 7.83. The van der Waals surface area contributed by atoms with E-state index in [1.165, 1.54) is 0 Å². The smallest absolute Gasteiger partial charge is 0.547 e. The van der Waals surface area contributed by atoms with Gasteiger partial charge >= 0.3 is 23.1 Å². The molecule has 0 aliphatic rings. The van der Waals surface area contributed by atoms with Gasteiger partial charge in [-0.1, -0.05) is 0 Å². The zero-order valence-electron chi connectivity index (χ0n) is 7.44. The van der Waals surface area contributed by atoms with Crippen LogP contribution in [0.25, 0.3) is 0 Å². The molecule has 9 heteroatoms. The van der Waals surface area contributed by atoms with Crippen LogP contribution in [0.4, 0.5) is 0 Å². The molecule has 0 saturated heterocycles. The van der Waals surface area contributed by atoms with Gasteiger partial charge in [-0.25, -0.2) is 0 Å². The van der Waals surface area contributed by atoms with Crippen LogP contribution in [0.15, 0.2) is 0 Å². The van der Waals surface area contributed by atoms with Crippen molar-refractivity contribution in [2.75, 3.05) is 0 Å². The number of carboxylic acids is 2. The molecular weight excluding hydrogens is 224 g/mol. The first kappa shape index (κ1) is 17.0. The molecule has 15 heavy (non-hydrogen) atoms. The summed E-state index contributed by atoms with van der Waals surface area (Å²) < 4.78 is 0. The van der Waals surface area contributed by atoms with Gasteiger partial charge in [-0.15, -0.1) is 0 Å². The largest absolute Gasteiger partial charge is 2.00 e. The number of hydrogen-bond donors (Lipinski definition) is 4. The molecule has 0 aliphatic heterocycles. The van der Waals surface area contributed by atoms with E-state index in [1.807, 2.05) is 0 Å². The van der Waals surface area contributed by atoms with Crippen LogP contribution in [0, 0.1) is 0 Å². The second kappa shape index (κ2) is 6.93. The predicted molar refractivity (Wildman–Crippen MR) is 39.8 cm³/mol. The molecule has 0 unspecified atom stereocenters. The van der Waals surface area contributed by atoms with Crippen LogP contribution in [-0.4, -0.2) is 79.8 Å². The van der Waals surface area contributed by atoms with E-state index in [0.29, 0.717) is 0 Å². The topological polar surface area (TPSA) is 161 Å². The number of aliphatic hydroxyl groups is 4. The van der Waals surface area contributed by atoms with E-state index in [1.54, 1.807) is 0 Å². The summed E-state index contributed by atoms with van der Waals surface area (Å²) in [7, 11) is 0. The van der Waals surface area contributed by atoms with E-state index >= 15 is 0 Å². The summed E-state index contributed by atoms with van der Waals surface area (Å²) in [5, 5.41) is 54.7. The van der Waals surface area contributed by atoms with Crippen LogP contribution >= 0.6 is 0 Å². The normalized spacial score (nSPS) is 18.1. The van der Waals surface area contributed by atoms with Crippen LogP contribution in [-0.2, 0) is 9.59 Å². The fourth-order valence-electron chi connectivity index (χ4n) is 0.652. The monoisotopic (exact) mass is 232 g/mol. The average molecular weight is 232 g/mol. The summed E-state index contributed by atoms with van der Waals surface area (Å²) in [5.74, 6) is -4.22. The SMILES string of the molecule is O=C([O-])[C@@H](O)[C@@H](O)[C@@H](O)[C@@H](O)C(=O)[O-].[Mg+2]. The summed E-state index contributed by atoms with van der Waals surface area (Å²) in [4.78, 5) is 19.9. The van der Waals surface area contributed by atoms with E-state index in [9.17, 15) is 19.8 Å². The summed E-state index contributed by atoms with van der Waals surface area (Å²) in [6.07, 6.45) is -9.76. The minimum atomic E-state index is -2.50. The van der Waals surface area contributed by atoms with Crippen molar-refractivity contribution in [3.05, 3.63) is 0 Å². The molecule has 0 aromatic heterocycles. The number of carbonyl (C=O) groups is 2. The van der Waals surface area contributed by atoms with Gasteiger partial charge in [-0.3, -0.25) is 0 Å². The maximum atomic E-state index is 9.96. The standard InChI is InChI=1S/C6H10O8.Mg/c7-1(3(9)5(11)12)2(8)4(10)6(13)14;/h1-4,7-10H,(H,11,12)(H,13,14);/q;+2/p-2/t1-,2+,3-,4+;. The predicted octanol–water partition coefficient (Wildman–Crippen LogP) is -6.45. The molecule has 82 valence electrons. The number of carboxylic acid groups (broad SMARTS) is 2. The molecule has 0 spiro atoms. The first-order chi connectivity index (χ1) is 6.29. The summed E-state index contributed by atoms with van der Waals surface area (Å²) in [5.41, 5.74) is 0. The first-order valence-electron chi connectivity index (χ1n) is 3.43. The minimum absolute atomic E-state index is 0. The van der Waals surface area contributed by atoms with Crippen LogP contribution in [0.2, 0.25) is 0 Å². The zero-order chi connectivity index (χ0) is 11.5. The van der Waals surface area contributed by atoms with Crippen LogP contribution in [0.5, 0.6) is 0 Å². The molecule has 0 aliphatic carbocycles. The van der Waals surface area contributed by atoms with E-state index < -0.39 is 36.4 Å². The Balaban J connectivity index is 0. The quantitative estimate of drug-likeness (QED) is 0.340. The summed E-state index contributed by atoms with van der Waals surface area (Å²) in [6, 6.07) is 0. The van der Waals surface area contributed by atoms with Gasteiger partial charge in [-0.05, 0) is 0 Å². The maximum absolute atomic E-state index is 9.96. The summed E-state index contributed by atoms with van der Waals surface area (Å²) >= 11 is 0. The fourth-order valence-corrected chi connectivity index (χ4v) is 0.652. The van der Waals surface area contributed by atoms with Crippen molar-refractivity contribution in [2.24, 2.45) is 0 Å². The number of hydrogen-bond acceptors (Lipinski definition) is 8. The first-order valence-corrected chi connectivity index (χ1v) is 3.43. The molecule has 0 aromatic rings. The third kappa shape index (κ3) is 4.73. The molecule has 0 saturated carbocycles. The molecular formula is C6H8MgO8. The molecule has 4 atom stereocenters. The average Bonchev–Trinajstić information content (AvgIpc) is 2.12. The molecule has 0 amide bonds. The summed E-state index contributed by atoms with van der Waals surface area (Å²) in [6.45, 7) is 0. The Labute approximate surface area is 99.9 Å². The van der Waals surface area contributed by atoms with Gasteiger partial charge in [0.05, 0.1) is 11.9 Å². The maximum Gasteiger partial charge on any atom is 2.00 e. The van der Waals surface area contributed by atoms with Gasteiger partial charge in [0.15, 0.2) is 0 Å². The second-order valence-corrected chi connectivity index (χ2v) is 2.51. The molecule has 0 radical (unpaired) electrons. The number of aliphatic carboxylic acids is 2. The van der Waals surface area contributed by atoms with E-state index in [-0.39, 0.29) is 23.1 Å². The van der Waals surface area contributed by atoms with E-state index in [0.717, 1.165) is 0 Å². The van der Waals surface area contributed by atoms with Crippen LogP contribution in [0.1, 0.15) is 0 Å². The molecule has 0 fully saturated rings. The van der Waals surface area contributed by atoms with Crippen LogP contribution < -0.4 is 10.2 Å². The van der Waals surface area contributed by atoms with E-state index in [2.05, 4.69) is 0 Å². The molecule has 4 N–H and O–H groups in total. The van der Waals surface area contributed by atoms with Gasteiger partial charge in [-0.2, -0.15) is 0 Å². The van der Waals surface area contributed by atoms with Gasteiger partial charge in [0.1, 0.15) is 24.4 Å². The van der Waals surface area contributed by atoms with Gasteiger partial charge in [0.2, 0.25) is 0 Å². The molecule has 0 heterocycles. The van der Waals surface area contributed by atoms with Crippen molar-refractivity contribution in [3.63, 3.8) is 0 Å². The van der Waals surface area contributed by atoms with Gasteiger partial charge in [0.25, 0.3) is 0 Å². The van der Waals surface area contributed by atoms with Crippen molar-refractivity contribution in [1.82, 2.24) is 0 Å². The van der Waals surface area contributed by atoms with Crippen molar-refractivity contribution in [3.8, 4) is 0 Å².